The van der Waals surface area contributed by atoms with Crippen LogP contribution in [0.1, 0.15) is 37.2 Å². The van der Waals surface area contributed by atoms with E-state index in [4.69, 9.17) is 4.42 Å². The van der Waals surface area contributed by atoms with Crippen LogP contribution < -0.4 is 4.90 Å². The number of Topliss-reactive ketones (excluding diaryl/α,β-unsaturated/α-hetero) is 1. The second-order valence-electron chi connectivity index (χ2n) is 9.98. The van der Waals surface area contributed by atoms with E-state index in [2.05, 4.69) is 0 Å². The first kappa shape index (κ1) is 23.9. The summed E-state index contributed by atoms with van der Waals surface area (Å²) in [5, 5.41) is 20.8. The number of benzene rings is 1. The lowest BCUT2D eigenvalue weighted by molar-refractivity contribution is -0.384. The van der Waals surface area contributed by atoms with Crippen molar-refractivity contribution >= 4 is 34.8 Å². The quantitative estimate of drug-likeness (QED) is 0.215. The zero-order valence-electron chi connectivity index (χ0n) is 20.2. The van der Waals surface area contributed by atoms with Gasteiger partial charge in [-0.25, -0.2) is 4.90 Å². The van der Waals surface area contributed by atoms with Crippen LogP contribution in [0.15, 0.2) is 75.3 Å². The van der Waals surface area contributed by atoms with Gasteiger partial charge in [-0.2, -0.15) is 0 Å². The maximum Gasteiger partial charge on any atom is 0.271 e. The normalized spacial score (nSPS) is 26.6. The molecular formula is C28H22N2O8. The number of aliphatic hydroxyl groups excluding tert-OH is 1. The molecule has 0 unspecified atom stereocenters. The number of ketones is 2. The standard InChI is InChI=1S/C28H22N2O8/c1-13-9-21(32)20-11-19-17(24(25(20)26(13)33)22-8-5-16(12-31)38-22)6-7-18-23(19)28(35)29(27(18)34)14-3-2-4-15(10-14)30(36)37/h2-6,8-10,18-19,23-24,31H,7,11-12H2,1H3/t18-,19+,23-,24+/m0/s1. The van der Waals surface area contributed by atoms with Gasteiger partial charge < -0.3 is 9.52 Å². The second kappa shape index (κ2) is 8.56. The lowest BCUT2D eigenvalue weighted by atomic mass is 9.60. The molecule has 192 valence electrons. The Bertz CT molecular complexity index is 1560. The first-order chi connectivity index (χ1) is 18.2. The minimum atomic E-state index is -0.805. The highest BCUT2D eigenvalue weighted by Gasteiger charge is 2.57. The number of anilines is 1. The molecule has 1 aromatic carbocycles. The average molecular weight is 514 g/mol. The number of imide groups is 1. The summed E-state index contributed by atoms with van der Waals surface area (Å²) < 4.78 is 5.84. The average Bonchev–Trinajstić information content (AvgIpc) is 3.48. The van der Waals surface area contributed by atoms with E-state index in [9.17, 15) is 34.4 Å². The van der Waals surface area contributed by atoms with Crippen LogP contribution in [0.3, 0.4) is 0 Å². The number of fused-ring (bicyclic) bond motifs is 3. The number of allylic oxidation sites excluding steroid dienone is 6. The van der Waals surface area contributed by atoms with Gasteiger partial charge in [-0.1, -0.05) is 17.7 Å². The van der Waals surface area contributed by atoms with Gasteiger partial charge in [0, 0.05) is 28.9 Å². The monoisotopic (exact) mass is 514 g/mol. The second-order valence-corrected chi connectivity index (χ2v) is 9.98. The van der Waals surface area contributed by atoms with E-state index >= 15 is 0 Å². The number of aliphatic hydroxyl groups is 1. The van der Waals surface area contributed by atoms with E-state index in [0.29, 0.717) is 28.2 Å². The van der Waals surface area contributed by atoms with Gasteiger partial charge in [0.05, 0.1) is 28.4 Å². The van der Waals surface area contributed by atoms with Crippen molar-refractivity contribution in [2.75, 3.05) is 4.90 Å². The summed E-state index contributed by atoms with van der Waals surface area (Å²) in [4.78, 5) is 65.4. The Kier molecular flexibility index (Phi) is 5.39. The zero-order valence-corrected chi connectivity index (χ0v) is 20.2. The maximum atomic E-state index is 13.8. The molecule has 4 aliphatic rings. The van der Waals surface area contributed by atoms with Crippen LogP contribution in [-0.4, -0.2) is 33.4 Å². The van der Waals surface area contributed by atoms with Crippen molar-refractivity contribution in [3.05, 3.63) is 92.5 Å². The number of nitro groups is 1. The van der Waals surface area contributed by atoms with E-state index in [1.807, 2.05) is 6.08 Å². The van der Waals surface area contributed by atoms with E-state index in [1.54, 1.807) is 19.1 Å². The molecule has 2 heterocycles. The van der Waals surface area contributed by atoms with Crippen molar-refractivity contribution in [3.63, 3.8) is 0 Å². The minimum Gasteiger partial charge on any atom is -0.463 e. The van der Waals surface area contributed by atoms with Crippen molar-refractivity contribution in [2.24, 2.45) is 17.8 Å². The molecule has 0 spiro atoms. The summed E-state index contributed by atoms with van der Waals surface area (Å²) in [5.41, 5.74) is 1.52. The fraction of sp³-hybridized carbons (Fsp3) is 0.286. The number of non-ortho nitro benzene ring substituents is 1. The Balaban J connectivity index is 1.46. The molecule has 1 aliphatic heterocycles. The van der Waals surface area contributed by atoms with Gasteiger partial charge >= 0.3 is 0 Å². The Labute approximate surface area is 216 Å². The molecule has 0 saturated carbocycles. The third kappa shape index (κ3) is 3.37. The highest BCUT2D eigenvalue weighted by atomic mass is 16.6. The summed E-state index contributed by atoms with van der Waals surface area (Å²) in [6.07, 6.45) is 3.50. The van der Waals surface area contributed by atoms with Gasteiger partial charge in [0.25, 0.3) is 5.69 Å². The first-order valence-corrected chi connectivity index (χ1v) is 12.2. The molecule has 2 aromatic rings. The third-order valence-electron chi connectivity index (χ3n) is 7.99. The van der Waals surface area contributed by atoms with E-state index in [-0.39, 0.29) is 42.4 Å². The number of amides is 2. The molecule has 10 heteroatoms. The predicted octanol–water partition coefficient (Wildman–Crippen LogP) is 3.31. The fourth-order valence-corrected chi connectivity index (χ4v) is 6.32. The van der Waals surface area contributed by atoms with E-state index in [1.165, 1.54) is 30.3 Å². The van der Waals surface area contributed by atoms with E-state index < -0.39 is 40.4 Å². The minimum absolute atomic E-state index is 0.114. The molecule has 4 atom stereocenters. The number of hydrogen-bond donors (Lipinski definition) is 1. The van der Waals surface area contributed by atoms with Gasteiger partial charge in [0.1, 0.15) is 18.1 Å². The molecule has 1 saturated heterocycles. The van der Waals surface area contributed by atoms with E-state index in [0.717, 1.165) is 10.5 Å². The Morgan fingerprint density at radius 2 is 1.89 bits per heavy atom. The van der Waals surface area contributed by atoms with Crippen molar-refractivity contribution in [1.29, 1.82) is 0 Å². The molecule has 1 N–H and O–H groups in total. The maximum absolute atomic E-state index is 13.8. The van der Waals surface area contributed by atoms with Crippen LogP contribution in [0, 0.1) is 27.9 Å². The van der Waals surface area contributed by atoms with Crippen LogP contribution >= 0.6 is 0 Å². The number of rotatable bonds is 4. The van der Waals surface area contributed by atoms with Crippen LogP contribution in [0.2, 0.25) is 0 Å². The predicted molar refractivity (Wildman–Crippen MR) is 132 cm³/mol. The van der Waals surface area contributed by atoms with Crippen molar-refractivity contribution in [1.82, 2.24) is 0 Å². The highest BCUT2D eigenvalue weighted by Crippen LogP contribution is 2.55. The summed E-state index contributed by atoms with van der Waals surface area (Å²) in [5.74, 6) is -3.66. The topological polar surface area (TPSA) is 148 Å². The summed E-state index contributed by atoms with van der Waals surface area (Å²) in [6, 6.07) is 8.63. The largest absolute Gasteiger partial charge is 0.463 e. The molecule has 0 bridgehead atoms. The lowest BCUT2D eigenvalue weighted by Crippen LogP contribution is -2.39. The first-order valence-electron chi connectivity index (χ1n) is 12.2. The summed E-state index contributed by atoms with van der Waals surface area (Å²) >= 11 is 0. The molecule has 10 nitrogen and oxygen atoms in total. The Morgan fingerprint density at radius 3 is 2.61 bits per heavy atom. The number of nitrogens with zero attached hydrogens (tertiary/aromatic N) is 2. The molecule has 6 rings (SSSR count). The molecule has 1 aromatic heterocycles. The van der Waals surface area contributed by atoms with Crippen molar-refractivity contribution in [3.8, 4) is 0 Å². The van der Waals surface area contributed by atoms with Gasteiger partial charge in [0.15, 0.2) is 11.6 Å². The van der Waals surface area contributed by atoms with Crippen LogP contribution in [0.25, 0.3) is 0 Å². The smallest absolute Gasteiger partial charge is 0.271 e. The number of furan rings is 1. The number of nitro benzene ring substituents is 1. The Hall–Kier alpha value is -4.44. The van der Waals surface area contributed by atoms with Gasteiger partial charge in [-0.15, -0.1) is 0 Å². The number of carbonyl (C=O) groups excluding carboxylic acids is 4. The summed E-state index contributed by atoms with van der Waals surface area (Å²) in [7, 11) is 0. The zero-order chi connectivity index (χ0) is 26.9. The third-order valence-corrected chi connectivity index (χ3v) is 7.99. The Morgan fingerprint density at radius 1 is 1.11 bits per heavy atom. The van der Waals surface area contributed by atoms with Crippen molar-refractivity contribution < 1.29 is 33.6 Å². The van der Waals surface area contributed by atoms with Crippen LogP contribution in [0.4, 0.5) is 11.4 Å². The summed E-state index contributed by atoms with van der Waals surface area (Å²) in [6.45, 7) is 1.23. The number of hydrogen-bond acceptors (Lipinski definition) is 8. The van der Waals surface area contributed by atoms with Gasteiger partial charge in [0.2, 0.25) is 11.8 Å². The van der Waals surface area contributed by atoms with Crippen LogP contribution in [-0.2, 0) is 25.8 Å². The molecule has 1 fully saturated rings. The van der Waals surface area contributed by atoms with Gasteiger partial charge in [-0.3, -0.25) is 29.3 Å². The highest BCUT2D eigenvalue weighted by molar-refractivity contribution is 6.25. The molecule has 0 radical (unpaired) electrons. The SMILES string of the molecule is CC1=CC(=O)C2=C(C1=O)[C@@H](c1ccc(CO)o1)C1=CC[C@@H]3C(=O)N(c4cccc([N+](=O)[O-])c4)C(=O)[C@@H]3[C@@H]1C2. The van der Waals surface area contributed by atoms with Crippen LogP contribution in [0.5, 0.6) is 0 Å². The molecular weight excluding hydrogens is 492 g/mol. The molecule has 38 heavy (non-hydrogen) atoms. The lowest BCUT2D eigenvalue weighted by Gasteiger charge is -2.41. The van der Waals surface area contributed by atoms with Gasteiger partial charge in [-0.05, 0) is 50.0 Å². The fourth-order valence-electron chi connectivity index (χ4n) is 6.32. The molecule has 2 amide bonds. The number of carbonyl (C=O) groups is 4. The molecule has 3 aliphatic carbocycles. The van der Waals surface area contributed by atoms with Crippen molar-refractivity contribution in [2.45, 2.75) is 32.3 Å².